The second-order valence-electron chi connectivity index (χ2n) is 4.00. The van der Waals surface area contributed by atoms with Crippen LogP contribution in [0.15, 0.2) is 34.9 Å². The Labute approximate surface area is 120 Å². The molecule has 0 unspecified atom stereocenters. The molecule has 1 N–H and O–H groups in total. The van der Waals surface area contributed by atoms with E-state index in [9.17, 15) is 18.0 Å². The first kappa shape index (κ1) is 14.6. The molecule has 8 heteroatoms. The number of carboxylic acid groups (broad SMARTS) is 1. The summed E-state index contributed by atoms with van der Waals surface area (Å²) in [4.78, 5) is 10.8. The lowest BCUT2D eigenvalue weighted by Crippen LogP contribution is -2.18. The van der Waals surface area contributed by atoms with E-state index >= 15 is 0 Å². The van der Waals surface area contributed by atoms with Crippen LogP contribution in [0, 0.1) is 0 Å². The van der Waals surface area contributed by atoms with Crippen molar-refractivity contribution in [2.24, 2.45) is 0 Å². The Kier molecular flexibility index (Phi) is 3.85. The van der Waals surface area contributed by atoms with Gasteiger partial charge in [0.25, 0.3) is 0 Å². The molecule has 0 amide bonds. The van der Waals surface area contributed by atoms with Crippen LogP contribution in [-0.2, 0) is 12.7 Å². The zero-order chi connectivity index (χ0) is 14.9. The fraction of sp³-hybridized carbons (Fsp3) is 0.167. The third-order valence-corrected chi connectivity index (χ3v) is 3.05. The van der Waals surface area contributed by atoms with Crippen molar-refractivity contribution < 1.29 is 23.1 Å². The molecule has 0 aliphatic carbocycles. The standard InChI is InChI=1S/C12H8BrF3N2O2/c13-8-3-1-2-7(4-8)6-18-10(12(14,15)16)9(5-17-18)11(19)20/h1-5H,6H2,(H,19,20). The van der Waals surface area contributed by atoms with Gasteiger partial charge in [0.05, 0.1) is 12.7 Å². The lowest BCUT2D eigenvalue weighted by atomic mass is 10.2. The highest BCUT2D eigenvalue weighted by Gasteiger charge is 2.40. The number of hydrogen-bond donors (Lipinski definition) is 1. The molecule has 0 radical (unpaired) electrons. The summed E-state index contributed by atoms with van der Waals surface area (Å²) >= 11 is 3.22. The average Bonchev–Trinajstić information content (AvgIpc) is 2.72. The maximum Gasteiger partial charge on any atom is 0.433 e. The minimum Gasteiger partial charge on any atom is -0.478 e. The fourth-order valence-electron chi connectivity index (χ4n) is 1.77. The van der Waals surface area contributed by atoms with E-state index in [-0.39, 0.29) is 6.54 Å². The third kappa shape index (κ3) is 3.01. The Morgan fingerprint density at radius 2 is 2.10 bits per heavy atom. The molecular formula is C12H8BrF3N2O2. The van der Waals surface area contributed by atoms with E-state index < -0.39 is 23.4 Å². The first-order chi connectivity index (χ1) is 9.29. The summed E-state index contributed by atoms with van der Waals surface area (Å²) in [5.74, 6) is -1.65. The molecule has 0 fully saturated rings. The van der Waals surface area contributed by atoms with Gasteiger partial charge >= 0.3 is 12.1 Å². The van der Waals surface area contributed by atoms with Crippen LogP contribution < -0.4 is 0 Å². The number of nitrogens with zero attached hydrogens (tertiary/aromatic N) is 2. The second-order valence-corrected chi connectivity index (χ2v) is 4.91. The van der Waals surface area contributed by atoms with Crippen molar-refractivity contribution in [3.05, 3.63) is 51.8 Å². The number of halogens is 4. The van der Waals surface area contributed by atoms with Crippen LogP contribution in [0.3, 0.4) is 0 Å². The van der Waals surface area contributed by atoms with Gasteiger partial charge in [-0.05, 0) is 17.7 Å². The van der Waals surface area contributed by atoms with Crippen LogP contribution in [0.1, 0.15) is 21.6 Å². The van der Waals surface area contributed by atoms with Gasteiger partial charge in [0.1, 0.15) is 5.56 Å². The van der Waals surface area contributed by atoms with Crippen molar-refractivity contribution in [3.8, 4) is 0 Å². The highest BCUT2D eigenvalue weighted by Crippen LogP contribution is 2.32. The van der Waals surface area contributed by atoms with Gasteiger partial charge in [-0.15, -0.1) is 0 Å². The number of benzene rings is 1. The molecule has 0 saturated carbocycles. The Balaban J connectivity index is 2.45. The first-order valence-electron chi connectivity index (χ1n) is 5.40. The fourth-order valence-corrected chi connectivity index (χ4v) is 2.22. The molecule has 20 heavy (non-hydrogen) atoms. The van der Waals surface area contributed by atoms with Crippen molar-refractivity contribution in [2.75, 3.05) is 0 Å². The van der Waals surface area contributed by atoms with Crippen molar-refractivity contribution in [2.45, 2.75) is 12.7 Å². The number of hydrogen-bond acceptors (Lipinski definition) is 2. The van der Waals surface area contributed by atoms with Crippen LogP contribution in [0.25, 0.3) is 0 Å². The summed E-state index contributed by atoms with van der Waals surface area (Å²) in [6, 6.07) is 6.68. The monoisotopic (exact) mass is 348 g/mol. The van der Waals surface area contributed by atoms with Gasteiger partial charge in [0.2, 0.25) is 0 Å². The molecular weight excluding hydrogens is 341 g/mol. The van der Waals surface area contributed by atoms with Crippen molar-refractivity contribution in [1.82, 2.24) is 9.78 Å². The van der Waals surface area contributed by atoms with E-state index in [2.05, 4.69) is 21.0 Å². The molecule has 0 aliphatic rings. The Morgan fingerprint density at radius 1 is 1.40 bits per heavy atom. The maximum absolute atomic E-state index is 13.0. The zero-order valence-electron chi connectivity index (χ0n) is 9.86. The van der Waals surface area contributed by atoms with Crippen LogP contribution in [0.4, 0.5) is 13.2 Å². The summed E-state index contributed by atoms with van der Waals surface area (Å²) < 4.78 is 40.2. The van der Waals surface area contributed by atoms with Crippen molar-refractivity contribution in [1.29, 1.82) is 0 Å². The average molecular weight is 349 g/mol. The van der Waals surface area contributed by atoms with Gasteiger partial charge in [-0.25, -0.2) is 4.79 Å². The predicted octanol–water partition coefficient (Wildman–Crippen LogP) is 3.41. The SMILES string of the molecule is O=C(O)c1cnn(Cc2cccc(Br)c2)c1C(F)(F)F. The Morgan fingerprint density at radius 3 is 2.65 bits per heavy atom. The van der Waals surface area contributed by atoms with Gasteiger partial charge in [0.15, 0.2) is 5.69 Å². The van der Waals surface area contributed by atoms with E-state index in [0.717, 1.165) is 0 Å². The molecule has 1 heterocycles. The van der Waals surface area contributed by atoms with Gasteiger partial charge in [-0.3, -0.25) is 4.68 Å². The first-order valence-corrected chi connectivity index (χ1v) is 6.19. The van der Waals surface area contributed by atoms with Crippen LogP contribution in [-0.4, -0.2) is 20.9 Å². The maximum atomic E-state index is 13.0. The van der Waals surface area contributed by atoms with E-state index in [1.54, 1.807) is 24.3 Å². The lowest BCUT2D eigenvalue weighted by molar-refractivity contribution is -0.144. The minimum atomic E-state index is -4.78. The quantitative estimate of drug-likeness (QED) is 0.924. The molecule has 0 bridgehead atoms. The molecule has 106 valence electrons. The summed E-state index contributed by atoms with van der Waals surface area (Å²) in [5.41, 5.74) is -1.54. The van der Waals surface area contributed by atoms with Crippen molar-refractivity contribution in [3.63, 3.8) is 0 Å². The molecule has 2 rings (SSSR count). The van der Waals surface area contributed by atoms with Gasteiger partial charge < -0.3 is 5.11 Å². The highest BCUT2D eigenvalue weighted by atomic mass is 79.9. The van der Waals surface area contributed by atoms with Crippen LogP contribution >= 0.6 is 15.9 Å². The Hall–Kier alpha value is -1.83. The summed E-state index contributed by atoms with van der Waals surface area (Å²) in [6.45, 7) is -0.165. The molecule has 0 atom stereocenters. The lowest BCUT2D eigenvalue weighted by Gasteiger charge is -2.11. The van der Waals surface area contributed by atoms with Gasteiger partial charge in [-0.1, -0.05) is 28.1 Å². The number of alkyl halides is 3. The predicted molar refractivity (Wildman–Crippen MR) is 67.4 cm³/mol. The number of aromatic nitrogens is 2. The van der Waals surface area contributed by atoms with E-state index in [4.69, 9.17) is 5.11 Å². The van der Waals surface area contributed by atoms with E-state index in [1.807, 2.05) is 0 Å². The molecule has 0 aliphatic heterocycles. The highest BCUT2D eigenvalue weighted by molar-refractivity contribution is 9.10. The number of carbonyl (C=O) groups is 1. The molecule has 1 aromatic carbocycles. The van der Waals surface area contributed by atoms with Gasteiger partial charge in [0, 0.05) is 4.47 Å². The van der Waals surface area contributed by atoms with Crippen LogP contribution in [0.2, 0.25) is 0 Å². The number of carboxylic acids is 1. The Bertz CT molecular complexity index is 652. The largest absolute Gasteiger partial charge is 0.478 e. The van der Waals surface area contributed by atoms with Gasteiger partial charge in [-0.2, -0.15) is 18.3 Å². The van der Waals surface area contributed by atoms with Crippen molar-refractivity contribution >= 4 is 21.9 Å². The summed E-state index contributed by atoms with van der Waals surface area (Å²) in [5, 5.41) is 12.3. The molecule has 0 saturated heterocycles. The topological polar surface area (TPSA) is 55.1 Å². The van der Waals surface area contributed by atoms with E-state index in [0.29, 0.717) is 20.9 Å². The molecule has 2 aromatic rings. The smallest absolute Gasteiger partial charge is 0.433 e. The molecule has 4 nitrogen and oxygen atoms in total. The minimum absolute atomic E-state index is 0.165. The molecule has 1 aromatic heterocycles. The number of aromatic carboxylic acids is 1. The van der Waals surface area contributed by atoms with Crippen LogP contribution in [0.5, 0.6) is 0 Å². The molecule has 0 spiro atoms. The number of rotatable bonds is 3. The zero-order valence-corrected chi connectivity index (χ0v) is 11.4. The second kappa shape index (κ2) is 5.28. The normalized spacial score (nSPS) is 11.6. The summed E-state index contributed by atoms with van der Waals surface area (Å²) in [6.07, 6.45) is -4.07. The third-order valence-electron chi connectivity index (χ3n) is 2.56. The van der Waals surface area contributed by atoms with E-state index in [1.165, 1.54) is 0 Å². The summed E-state index contributed by atoms with van der Waals surface area (Å²) in [7, 11) is 0.